The van der Waals surface area contributed by atoms with Crippen molar-refractivity contribution < 1.29 is 4.79 Å². The van der Waals surface area contributed by atoms with E-state index in [1.54, 1.807) is 18.5 Å². The number of pyridine rings is 1. The number of hydrogen-bond donors (Lipinski definition) is 0. The van der Waals surface area contributed by atoms with Crippen molar-refractivity contribution in [3.8, 4) is 0 Å². The normalized spacial score (nSPS) is 10.6. The van der Waals surface area contributed by atoms with Crippen LogP contribution in [0.3, 0.4) is 0 Å². The van der Waals surface area contributed by atoms with Gasteiger partial charge in [-0.1, -0.05) is 12.1 Å². The van der Waals surface area contributed by atoms with Gasteiger partial charge < -0.3 is 0 Å². The molecule has 0 N–H and O–H groups in total. The first-order valence-corrected chi connectivity index (χ1v) is 5.92. The highest BCUT2D eigenvalue weighted by molar-refractivity contribution is 6.08. The monoisotopic (exact) mass is 249 g/mol. The summed E-state index contributed by atoms with van der Waals surface area (Å²) >= 11 is 0. The molecule has 92 valence electrons. The highest BCUT2D eigenvalue weighted by Gasteiger charge is 2.12. The Labute approximate surface area is 110 Å². The third kappa shape index (κ3) is 2.20. The third-order valence-electron chi connectivity index (χ3n) is 2.82. The van der Waals surface area contributed by atoms with Crippen molar-refractivity contribution in [1.82, 2.24) is 15.0 Å². The summed E-state index contributed by atoms with van der Waals surface area (Å²) in [4.78, 5) is 24.9. The second-order valence-electron chi connectivity index (χ2n) is 4.32. The minimum Gasteiger partial charge on any atom is -0.287 e. The van der Waals surface area contributed by atoms with Gasteiger partial charge in [0.2, 0.25) is 5.78 Å². The lowest BCUT2D eigenvalue weighted by Gasteiger charge is -2.02. The lowest BCUT2D eigenvalue weighted by Crippen LogP contribution is -2.05. The zero-order valence-corrected chi connectivity index (χ0v) is 10.4. The zero-order valence-electron chi connectivity index (χ0n) is 10.4. The molecule has 0 radical (unpaired) electrons. The average molecular weight is 249 g/mol. The van der Waals surface area contributed by atoms with Gasteiger partial charge in [-0.2, -0.15) is 0 Å². The Morgan fingerprint density at radius 3 is 2.63 bits per heavy atom. The molecule has 0 fully saturated rings. The fourth-order valence-corrected chi connectivity index (χ4v) is 1.89. The van der Waals surface area contributed by atoms with Crippen LogP contribution in [0.5, 0.6) is 0 Å². The molecule has 3 rings (SSSR count). The number of ketones is 1. The molecule has 4 nitrogen and oxygen atoms in total. The summed E-state index contributed by atoms with van der Waals surface area (Å²) in [7, 11) is 0. The Morgan fingerprint density at radius 2 is 1.84 bits per heavy atom. The predicted octanol–water partition coefficient (Wildman–Crippen LogP) is 2.56. The second kappa shape index (κ2) is 4.57. The van der Waals surface area contributed by atoms with Crippen molar-refractivity contribution in [2.24, 2.45) is 0 Å². The van der Waals surface area contributed by atoms with E-state index in [0.717, 1.165) is 11.1 Å². The molecule has 2 aromatic heterocycles. The number of carbonyl (C=O) groups excluding carboxylic acids is 1. The minimum atomic E-state index is -0.158. The van der Waals surface area contributed by atoms with Gasteiger partial charge in [0.1, 0.15) is 5.69 Å². The van der Waals surface area contributed by atoms with Gasteiger partial charge in [0, 0.05) is 18.0 Å². The molecule has 1 aromatic carbocycles. The van der Waals surface area contributed by atoms with Crippen molar-refractivity contribution in [2.45, 2.75) is 6.92 Å². The van der Waals surface area contributed by atoms with Gasteiger partial charge >= 0.3 is 0 Å². The van der Waals surface area contributed by atoms with E-state index in [-0.39, 0.29) is 5.78 Å². The molecule has 0 spiro atoms. The summed E-state index contributed by atoms with van der Waals surface area (Å²) in [5.74, 6) is -0.158. The van der Waals surface area contributed by atoms with E-state index in [1.807, 2.05) is 31.2 Å². The van der Waals surface area contributed by atoms with Gasteiger partial charge in [-0.3, -0.25) is 14.8 Å². The van der Waals surface area contributed by atoms with Crippen LogP contribution in [-0.4, -0.2) is 20.7 Å². The minimum absolute atomic E-state index is 0.158. The van der Waals surface area contributed by atoms with Crippen LogP contribution in [-0.2, 0) is 0 Å². The number of fused-ring (bicyclic) bond motifs is 1. The maximum atomic E-state index is 12.3. The molecule has 0 aliphatic carbocycles. The van der Waals surface area contributed by atoms with E-state index in [1.165, 1.54) is 6.20 Å². The number of hydrogen-bond acceptors (Lipinski definition) is 4. The summed E-state index contributed by atoms with van der Waals surface area (Å²) < 4.78 is 0. The van der Waals surface area contributed by atoms with Gasteiger partial charge in [-0.05, 0) is 30.7 Å². The van der Waals surface area contributed by atoms with Crippen molar-refractivity contribution in [1.29, 1.82) is 0 Å². The first-order valence-electron chi connectivity index (χ1n) is 5.92. The van der Waals surface area contributed by atoms with Gasteiger partial charge in [-0.25, -0.2) is 4.98 Å². The number of carbonyl (C=O) groups is 1. The molecule has 3 aromatic rings. The highest BCUT2D eigenvalue weighted by atomic mass is 16.1. The van der Waals surface area contributed by atoms with Gasteiger partial charge in [0.15, 0.2) is 0 Å². The summed E-state index contributed by atoms with van der Waals surface area (Å²) in [6.45, 7) is 1.90. The highest BCUT2D eigenvalue weighted by Crippen LogP contribution is 2.12. The molecule has 0 bridgehead atoms. The number of rotatable bonds is 2. The summed E-state index contributed by atoms with van der Waals surface area (Å²) in [5.41, 5.74) is 3.31. The van der Waals surface area contributed by atoms with Crippen LogP contribution in [0.25, 0.3) is 11.0 Å². The smallest absolute Gasteiger partial charge is 0.214 e. The summed E-state index contributed by atoms with van der Waals surface area (Å²) in [6.07, 6.45) is 4.77. The molecule has 2 heterocycles. The number of benzene rings is 1. The largest absolute Gasteiger partial charge is 0.287 e. The topological polar surface area (TPSA) is 55.7 Å². The molecule has 0 saturated heterocycles. The fourth-order valence-electron chi connectivity index (χ4n) is 1.89. The number of nitrogens with zero attached hydrogens (tertiary/aromatic N) is 3. The molecule has 0 aliphatic heterocycles. The average Bonchev–Trinajstić information content (AvgIpc) is 2.46. The van der Waals surface area contributed by atoms with Gasteiger partial charge in [0.25, 0.3) is 0 Å². The number of aryl methyl sites for hydroxylation is 1. The molecule has 0 unspecified atom stereocenters. The maximum Gasteiger partial charge on any atom is 0.214 e. The van der Waals surface area contributed by atoms with E-state index in [0.29, 0.717) is 16.8 Å². The molecule has 0 amide bonds. The van der Waals surface area contributed by atoms with Crippen molar-refractivity contribution in [3.63, 3.8) is 0 Å². The Balaban J connectivity index is 2.06. The standard InChI is InChI=1S/C15H11N3O/c1-10-6-11(8-16-7-10)15(19)14-9-17-12-4-2-3-5-13(12)18-14/h2-9H,1H3. The lowest BCUT2D eigenvalue weighted by atomic mass is 10.1. The number of aromatic nitrogens is 3. The first kappa shape index (κ1) is 11.5. The van der Waals surface area contributed by atoms with E-state index in [9.17, 15) is 4.79 Å². The maximum absolute atomic E-state index is 12.3. The van der Waals surface area contributed by atoms with Crippen LogP contribution in [0, 0.1) is 6.92 Å². The molecule has 0 saturated carbocycles. The van der Waals surface area contributed by atoms with Crippen LogP contribution in [0.15, 0.2) is 48.9 Å². The van der Waals surface area contributed by atoms with E-state index in [2.05, 4.69) is 15.0 Å². The predicted molar refractivity (Wildman–Crippen MR) is 71.9 cm³/mol. The van der Waals surface area contributed by atoms with Crippen molar-refractivity contribution in [3.05, 3.63) is 65.7 Å². The quantitative estimate of drug-likeness (QED) is 0.655. The zero-order chi connectivity index (χ0) is 13.2. The van der Waals surface area contributed by atoms with E-state index in [4.69, 9.17) is 0 Å². The molecule has 0 atom stereocenters. The molecule has 19 heavy (non-hydrogen) atoms. The molecular weight excluding hydrogens is 238 g/mol. The van der Waals surface area contributed by atoms with Crippen LogP contribution in [0.2, 0.25) is 0 Å². The second-order valence-corrected chi connectivity index (χ2v) is 4.32. The molecule has 0 aliphatic rings. The van der Waals surface area contributed by atoms with Crippen molar-refractivity contribution in [2.75, 3.05) is 0 Å². The fraction of sp³-hybridized carbons (Fsp3) is 0.0667. The SMILES string of the molecule is Cc1cncc(C(=O)c2cnc3ccccc3n2)c1. The number of para-hydroxylation sites is 2. The Morgan fingerprint density at radius 1 is 1.05 bits per heavy atom. The molecular formula is C15H11N3O. The first-order chi connectivity index (χ1) is 9.24. The van der Waals surface area contributed by atoms with Crippen LogP contribution >= 0.6 is 0 Å². The Hall–Kier alpha value is -2.62. The summed E-state index contributed by atoms with van der Waals surface area (Å²) in [5, 5.41) is 0. The van der Waals surface area contributed by atoms with Crippen LogP contribution in [0.4, 0.5) is 0 Å². The van der Waals surface area contributed by atoms with E-state index < -0.39 is 0 Å². The van der Waals surface area contributed by atoms with E-state index >= 15 is 0 Å². The van der Waals surface area contributed by atoms with Crippen LogP contribution in [0.1, 0.15) is 21.6 Å². The van der Waals surface area contributed by atoms with Gasteiger partial charge in [-0.15, -0.1) is 0 Å². The lowest BCUT2D eigenvalue weighted by molar-refractivity contribution is 0.103. The Kier molecular flexibility index (Phi) is 2.76. The Bertz CT molecular complexity index is 768. The van der Waals surface area contributed by atoms with Crippen molar-refractivity contribution >= 4 is 16.8 Å². The van der Waals surface area contributed by atoms with Crippen LogP contribution < -0.4 is 0 Å². The van der Waals surface area contributed by atoms with Gasteiger partial charge in [0.05, 0.1) is 17.2 Å². The molecule has 4 heteroatoms. The summed E-state index contributed by atoms with van der Waals surface area (Å²) in [6, 6.07) is 9.27. The third-order valence-corrected chi connectivity index (χ3v) is 2.82.